The van der Waals surface area contributed by atoms with Crippen LogP contribution in [0, 0.1) is 6.92 Å². The number of Topliss-reactive ketones (excluding diaryl/α,β-unsaturated/α-hetero) is 1. The second kappa shape index (κ2) is 11.0. The molecule has 8 heteroatoms. The minimum Gasteiger partial charge on any atom is -0.495 e. The first-order valence-corrected chi connectivity index (χ1v) is 13.6. The van der Waals surface area contributed by atoms with Crippen LogP contribution in [-0.4, -0.2) is 33.0 Å². The number of nitrogens with one attached hydrogen (secondary N) is 2. The number of aryl methyl sites for hydroxylation is 1. The fourth-order valence-electron chi connectivity index (χ4n) is 5.51. The van der Waals surface area contributed by atoms with Crippen LogP contribution < -0.4 is 24.8 Å². The maximum atomic E-state index is 13.9. The van der Waals surface area contributed by atoms with E-state index in [0.29, 0.717) is 46.9 Å². The maximum Gasteiger partial charge on any atom is 0.254 e. The number of amides is 1. The highest BCUT2D eigenvalue weighted by Crippen LogP contribution is 2.48. The van der Waals surface area contributed by atoms with Gasteiger partial charge >= 0.3 is 0 Å². The average Bonchev–Trinajstić information content (AvgIpc) is 3.37. The highest BCUT2D eigenvalue weighted by molar-refractivity contribution is 7.12. The zero-order valence-corrected chi connectivity index (χ0v) is 23.5. The first-order valence-electron chi connectivity index (χ1n) is 12.8. The second-order valence-electron chi connectivity index (χ2n) is 9.73. The number of ether oxygens (including phenoxy) is 3. The van der Waals surface area contributed by atoms with Crippen LogP contribution in [0.2, 0.25) is 0 Å². The Bertz CT molecular complexity index is 1500. The Morgan fingerprint density at radius 3 is 2.36 bits per heavy atom. The number of anilines is 1. The molecule has 3 aromatic rings. The molecule has 2 atom stereocenters. The molecule has 0 fully saturated rings. The van der Waals surface area contributed by atoms with Gasteiger partial charge in [0.15, 0.2) is 17.3 Å². The first kappa shape index (κ1) is 26.6. The molecule has 0 spiro atoms. The van der Waals surface area contributed by atoms with E-state index in [4.69, 9.17) is 14.2 Å². The lowest BCUT2D eigenvalue weighted by atomic mass is 9.73. The van der Waals surface area contributed by atoms with E-state index in [1.165, 1.54) is 0 Å². The number of hydrogen-bond acceptors (Lipinski definition) is 7. The number of para-hydroxylation sites is 2. The second-order valence-corrected chi connectivity index (χ2v) is 11.1. The number of rotatable bonds is 7. The number of benzene rings is 2. The van der Waals surface area contributed by atoms with Gasteiger partial charge in [-0.25, -0.2) is 0 Å². The van der Waals surface area contributed by atoms with Crippen LogP contribution in [0.4, 0.5) is 5.69 Å². The standard InChI is InChI=1S/C31H32N2O5S/c1-17-10-13-27(39-17)30-28(31(35)33-21-8-6-7-9-24(21)36-3)18(2)32-22-14-20(15-23(34)29(22)30)19-11-12-25(37-4)26(16-19)38-5/h6-13,16,20,30,32H,14-15H2,1-5H3,(H,33,35)/t20-,30+/m0/s1. The minimum atomic E-state index is -0.450. The average molecular weight is 545 g/mol. The van der Waals surface area contributed by atoms with E-state index in [-0.39, 0.29) is 17.6 Å². The van der Waals surface area contributed by atoms with Gasteiger partial charge in [0.2, 0.25) is 0 Å². The monoisotopic (exact) mass is 544 g/mol. The third-order valence-corrected chi connectivity index (χ3v) is 8.42. The van der Waals surface area contributed by atoms with Gasteiger partial charge in [0.25, 0.3) is 5.91 Å². The molecule has 5 rings (SSSR count). The van der Waals surface area contributed by atoms with Gasteiger partial charge in [-0.1, -0.05) is 18.2 Å². The Morgan fingerprint density at radius 2 is 1.67 bits per heavy atom. The van der Waals surface area contributed by atoms with E-state index in [9.17, 15) is 9.59 Å². The largest absolute Gasteiger partial charge is 0.495 e. The van der Waals surface area contributed by atoms with Crippen molar-refractivity contribution < 1.29 is 23.8 Å². The number of dihydropyridines is 1. The van der Waals surface area contributed by atoms with Gasteiger partial charge in [0.05, 0.1) is 32.9 Å². The van der Waals surface area contributed by atoms with E-state index in [1.807, 2.05) is 56.3 Å². The van der Waals surface area contributed by atoms with Crippen LogP contribution in [-0.2, 0) is 9.59 Å². The lowest BCUT2D eigenvalue weighted by Gasteiger charge is -2.36. The summed E-state index contributed by atoms with van der Waals surface area (Å²) in [6.45, 7) is 3.93. The molecule has 0 radical (unpaired) electrons. The van der Waals surface area contributed by atoms with Crippen molar-refractivity contribution >= 4 is 28.7 Å². The fraction of sp³-hybridized carbons (Fsp3) is 0.290. The van der Waals surface area contributed by atoms with E-state index >= 15 is 0 Å². The summed E-state index contributed by atoms with van der Waals surface area (Å²) in [5, 5.41) is 6.47. The maximum absolute atomic E-state index is 13.9. The Labute approximate surface area is 232 Å². The van der Waals surface area contributed by atoms with Crippen LogP contribution in [0.3, 0.4) is 0 Å². The van der Waals surface area contributed by atoms with Crippen molar-refractivity contribution in [3.63, 3.8) is 0 Å². The van der Waals surface area contributed by atoms with E-state index < -0.39 is 5.92 Å². The zero-order chi connectivity index (χ0) is 27.7. The SMILES string of the molecule is COc1ccccc1NC(=O)C1=C(C)NC2=C(C(=O)C[C@@H](c3ccc(OC)c(OC)c3)C2)[C@@H]1c1ccc(C)s1. The number of thiophene rings is 1. The molecule has 1 amide bonds. The summed E-state index contributed by atoms with van der Waals surface area (Å²) >= 11 is 1.61. The Balaban J connectivity index is 1.53. The lowest BCUT2D eigenvalue weighted by molar-refractivity contribution is -0.116. The molecule has 1 aliphatic carbocycles. The van der Waals surface area contributed by atoms with Crippen LogP contribution in [0.1, 0.15) is 46.9 Å². The summed E-state index contributed by atoms with van der Waals surface area (Å²) in [7, 11) is 4.78. The normalized spacial score (nSPS) is 18.8. The molecular weight excluding hydrogens is 512 g/mol. The van der Waals surface area contributed by atoms with E-state index in [0.717, 1.165) is 26.7 Å². The summed E-state index contributed by atoms with van der Waals surface area (Å²) in [6.07, 6.45) is 0.994. The van der Waals surface area contributed by atoms with Crippen molar-refractivity contribution in [2.45, 2.75) is 38.5 Å². The number of carbonyl (C=O) groups excluding carboxylic acids is 2. The molecule has 2 aliphatic rings. The predicted molar refractivity (Wildman–Crippen MR) is 153 cm³/mol. The topological polar surface area (TPSA) is 85.9 Å². The van der Waals surface area contributed by atoms with Crippen LogP contribution in [0.5, 0.6) is 17.2 Å². The van der Waals surface area contributed by atoms with Crippen molar-refractivity contribution in [1.29, 1.82) is 0 Å². The zero-order valence-electron chi connectivity index (χ0n) is 22.7. The molecule has 2 N–H and O–H groups in total. The molecule has 7 nitrogen and oxygen atoms in total. The quantitative estimate of drug-likeness (QED) is 0.375. The van der Waals surface area contributed by atoms with Crippen molar-refractivity contribution in [2.24, 2.45) is 0 Å². The van der Waals surface area contributed by atoms with Gasteiger partial charge in [-0.15, -0.1) is 11.3 Å². The molecule has 1 aliphatic heterocycles. The molecular formula is C31H32N2O5S. The van der Waals surface area contributed by atoms with Crippen molar-refractivity contribution in [2.75, 3.05) is 26.6 Å². The van der Waals surface area contributed by atoms with Gasteiger partial charge < -0.3 is 24.8 Å². The summed E-state index contributed by atoms with van der Waals surface area (Å²) in [6, 6.07) is 17.2. The van der Waals surface area contributed by atoms with E-state index in [1.54, 1.807) is 44.8 Å². The molecule has 2 heterocycles. The third-order valence-electron chi connectivity index (χ3n) is 7.35. The summed E-state index contributed by atoms with van der Waals surface area (Å²) in [5.41, 5.74) is 4.41. The van der Waals surface area contributed by atoms with Crippen LogP contribution in [0.15, 0.2) is 77.1 Å². The highest BCUT2D eigenvalue weighted by atomic mass is 32.1. The van der Waals surface area contributed by atoms with Gasteiger partial charge in [-0.05, 0) is 68.1 Å². The minimum absolute atomic E-state index is 0.0222. The fourth-order valence-corrected chi connectivity index (χ4v) is 6.51. The molecule has 2 aromatic carbocycles. The lowest BCUT2D eigenvalue weighted by Crippen LogP contribution is -2.36. The van der Waals surface area contributed by atoms with Crippen molar-refractivity contribution in [3.05, 3.63) is 92.5 Å². The number of allylic oxidation sites excluding steroid dienone is 3. The number of carbonyl (C=O) groups is 2. The van der Waals surface area contributed by atoms with Crippen LogP contribution >= 0.6 is 11.3 Å². The molecule has 0 unspecified atom stereocenters. The number of hydrogen-bond donors (Lipinski definition) is 2. The molecule has 202 valence electrons. The summed E-state index contributed by atoms with van der Waals surface area (Å²) < 4.78 is 16.3. The summed E-state index contributed by atoms with van der Waals surface area (Å²) in [5.74, 6) is 1.16. The third kappa shape index (κ3) is 5.04. The molecule has 0 saturated heterocycles. The highest BCUT2D eigenvalue weighted by Gasteiger charge is 2.41. The van der Waals surface area contributed by atoms with Gasteiger partial charge in [0, 0.05) is 38.7 Å². The Kier molecular flexibility index (Phi) is 7.48. The van der Waals surface area contributed by atoms with E-state index in [2.05, 4.69) is 10.6 Å². The molecule has 1 aromatic heterocycles. The molecule has 39 heavy (non-hydrogen) atoms. The van der Waals surface area contributed by atoms with Gasteiger partial charge in [0.1, 0.15) is 5.75 Å². The predicted octanol–water partition coefficient (Wildman–Crippen LogP) is 6.08. The van der Waals surface area contributed by atoms with Crippen molar-refractivity contribution in [1.82, 2.24) is 5.32 Å². The number of ketones is 1. The van der Waals surface area contributed by atoms with Gasteiger partial charge in [-0.3, -0.25) is 9.59 Å². The van der Waals surface area contributed by atoms with Crippen molar-refractivity contribution in [3.8, 4) is 17.2 Å². The first-order chi connectivity index (χ1) is 18.8. The Hall–Kier alpha value is -4.04. The molecule has 0 saturated carbocycles. The Morgan fingerprint density at radius 1 is 0.923 bits per heavy atom. The van der Waals surface area contributed by atoms with Crippen LogP contribution in [0.25, 0.3) is 0 Å². The smallest absolute Gasteiger partial charge is 0.254 e. The van der Waals surface area contributed by atoms with Gasteiger partial charge in [-0.2, -0.15) is 0 Å². The number of methoxy groups -OCH3 is 3. The summed E-state index contributed by atoms with van der Waals surface area (Å²) in [4.78, 5) is 29.8. The molecule has 0 bridgehead atoms.